The second kappa shape index (κ2) is 6.85. The molecule has 2 aromatic heterocycles. The molecule has 0 aliphatic rings. The Hall–Kier alpha value is -3.03. The zero-order valence-corrected chi connectivity index (χ0v) is 16.8. The molecule has 3 aromatic carbocycles. The molecule has 0 bridgehead atoms. The normalized spacial score (nSPS) is 11.2. The molecule has 0 spiro atoms. The van der Waals surface area contributed by atoms with Gasteiger partial charge in [-0.2, -0.15) is 0 Å². The fourth-order valence-electron chi connectivity index (χ4n) is 3.08. The van der Waals surface area contributed by atoms with E-state index in [0.717, 1.165) is 26.3 Å². The highest BCUT2D eigenvalue weighted by Gasteiger charge is 2.15. The topological polar surface area (TPSA) is 68.0 Å². The number of nitrogens with zero attached hydrogens (tertiary/aromatic N) is 2. The first-order valence-corrected chi connectivity index (χ1v) is 10.1. The van der Waals surface area contributed by atoms with Gasteiger partial charge in [0, 0.05) is 9.86 Å². The summed E-state index contributed by atoms with van der Waals surface area (Å²) in [6, 6.07) is 21.3. The molecule has 0 radical (unpaired) electrons. The van der Waals surface area contributed by atoms with Gasteiger partial charge in [-0.1, -0.05) is 53.8 Å². The third-order valence-electron chi connectivity index (χ3n) is 4.41. The van der Waals surface area contributed by atoms with Gasteiger partial charge >= 0.3 is 5.63 Å². The summed E-state index contributed by atoms with van der Waals surface area (Å²) in [4.78, 5) is 12.5. The summed E-state index contributed by atoms with van der Waals surface area (Å²) >= 11 is 4.80. The fourth-order valence-corrected chi connectivity index (χ4v) is 4.22. The predicted molar refractivity (Wildman–Crippen MR) is 116 cm³/mol. The molecule has 5 nitrogen and oxygen atoms in total. The summed E-state index contributed by atoms with van der Waals surface area (Å²) in [5.41, 5.74) is 1.41. The Morgan fingerprint density at radius 1 is 0.929 bits per heavy atom. The van der Waals surface area contributed by atoms with Crippen molar-refractivity contribution in [3.05, 3.63) is 81.6 Å². The number of nitrogens with one attached hydrogen (secondary N) is 1. The van der Waals surface area contributed by atoms with Crippen LogP contribution in [0, 0.1) is 0 Å². The minimum absolute atomic E-state index is 0.404. The van der Waals surface area contributed by atoms with E-state index in [1.807, 2.05) is 66.7 Å². The van der Waals surface area contributed by atoms with Gasteiger partial charge in [-0.05, 0) is 51.0 Å². The summed E-state index contributed by atoms with van der Waals surface area (Å²) in [5, 5.41) is 15.7. The fraction of sp³-hybridized carbons (Fsp3) is 0. The van der Waals surface area contributed by atoms with Crippen LogP contribution in [0.2, 0.25) is 0 Å². The van der Waals surface area contributed by atoms with Crippen molar-refractivity contribution in [2.75, 3.05) is 5.32 Å². The van der Waals surface area contributed by atoms with Crippen molar-refractivity contribution >= 4 is 59.8 Å². The largest absolute Gasteiger partial charge is 0.422 e. The van der Waals surface area contributed by atoms with Gasteiger partial charge in [0.1, 0.15) is 5.58 Å². The minimum atomic E-state index is -0.425. The Kier molecular flexibility index (Phi) is 4.18. The average Bonchev–Trinajstić information content (AvgIpc) is 3.17. The molecule has 5 aromatic rings. The highest BCUT2D eigenvalue weighted by Crippen LogP contribution is 2.32. The highest BCUT2D eigenvalue weighted by molar-refractivity contribution is 9.10. The second-order valence-electron chi connectivity index (χ2n) is 6.16. The van der Waals surface area contributed by atoms with Gasteiger partial charge in [0.25, 0.3) is 0 Å². The van der Waals surface area contributed by atoms with Crippen LogP contribution in [0.25, 0.3) is 32.3 Å². The molecule has 0 fully saturated rings. The Balaban J connectivity index is 1.60. The van der Waals surface area contributed by atoms with Crippen LogP contribution in [0.4, 0.5) is 10.8 Å². The van der Waals surface area contributed by atoms with Crippen molar-refractivity contribution in [1.29, 1.82) is 0 Å². The van der Waals surface area contributed by atoms with E-state index >= 15 is 0 Å². The maximum atomic E-state index is 12.5. The molecular formula is C21H12BrN3O2S. The molecule has 0 saturated carbocycles. The SMILES string of the molecule is O=c1oc2ccc3ccccc3c2cc1-c1nnc(Nc2ccccc2Br)s1. The number of hydrogen-bond donors (Lipinski definition) is 1. The number of anilines is 2. The molecule has 0 aliphatic heterocycles. The van der Waals surface area contributed by atoms with Gasteiger partial charge in [-0.25, -0.2) is 4.79 Å². The summed E-state index contributed by atoms with van der Waals surface area (Å²) in [5.74, 6) is 0. The molecule has 5 rings (SSSR count). The zero-order valence-electron chi connectivity index (χ0n) is 14.3. The summed E-state index contributed by atoms with van der Waals surface area (Å²) in [6.07, 6.45) is 0. The lowest BCUT2D eigenvalue weighted by Gasteiger charge is -2.04. The van der Waals surface area contributed by atoms with E-state index < -0.39 is 5.63 Å². The first-order chi connectivity index (χ1) is 13.7. The van der Waals surface area contributed by atoms with Gasteiger partial charge in [0.05, 0.1) is 11.3 Å². The zero-order chi connectivity index (χ0) is 19.1. The first-order valence-electron chi connectivity index (χ1n) is 8.50. The van der Waals surface area contributed by atoms with E-state index in [0.29, 0.717) is 21.3 Å². The lowest BCUT2D eigenvalue weighted by atomic mass is 10.0. The van der Waals surface area contributed by atoms with Crippen LogP contribution in [-0.4, -0.2) is 10.2 Å². The predicted octanol–water partition coefficient (Wildman–Crippen LogP) is 5.97. The van der Waals surface area contributed by atoms with Gasteiger partial charge < -0.3 is 9.73 Å². The lowest BCUT2D eigenvalue weighted by molar-refractivity contribution is 0.563. The van der Waals surface area contributed by atoms with Crippen molar-refractivity contribution in [2.45, 2.75) is 0 Å². The van der Waals surface area contributed by atoms with Crippen LogP contribution in [0.15, 0.2) is 80.4 Å². The van der Waals surface area contributed by atoms with Crippen molar-refractivity contribution in [3.63, 3.8) is 0 Å². The first kappa shape index (κ1) is 17.1. The number of hydrogen-bond acceptors (Lipinski definition) is 6. The van der Waals surface area contributed by atoms with Crippen LogP contribution in [0.3, 0.4) is 0 Å². The molecular weight excluding hydrogens is 438 g/mol. The van der Waals surface area contributed by atoms with Crippen molar-refractivity contribution in [3.8, 4) is 10.6 Å². The Morgan fingerprint density at radius 3 is 2.64 bits per heavy atom. The van der Waals surface area contributed by atoms with Gasteiger partial charge in [-0.3, -0.25) is 0 Å². The number of para-hydroxylation sites is 1. The molecule has 7 heteroatoms. The molecule has 0 unspecified atom stereocenters. The number of rotatable bonds is 3. The molecule has 0 aliphatic carbocycles. The quantitative estimate of drug-likeness (QED) is 0.271. The van der Waals surface area contributed by atoms with Crippen LogP contribution >= 0.6 is 27.3 Å². The van der Waals surface area contributed by atoms with E-state index in [-0.39, 0.29) is 0 Å². The maximum absolute atomic E-state index is 12.5. The number of fused-ring (bicyclic) bond motifs is 3. The van der Waals surface area contributed by atoms with Gasteiger partial charge in [0.2, 0.25) is 5.13 Å². The summed E-state index contributed by atoms with van der Waals surface area (Å²) in [7, 11) is 0. The van der Waals surface area contributed by atoms with Crippen LogP contribution < -0.4 is 10.9 Å². The summed E-state index contributed by atoms with van der Waals surface area (Å²) < 4.78 is 6.48. The van der Waals surface area contributed by atoms with Gasteiger partial charge in [-0.15, -0.1) is 10.2 Å². The second-order valence-corrected chi connectivity index (χ2v) is 8.00. The van der Waals surface area contributed by atoms with E-state index in [4.69, 9.17) is 4.42 Å². The molecule has 0 amide bonds. The van der Waals surface area contributed by atoms with E-state index in [1.54, 1.807) is 0 Å². The number of halogens is 1. The third-order valence-corrected chi connectivity index (χ3v) is 5.98. The smallest absolute Gasteiger partial charge is 0.346 e. The van der Waals surface area contributed by atoms with Crippen molar-refractivity contribution in [2.24, 2.45) is 0 Å². The van der Waals surface area contributed by atoms with Crippen LogP contribution in [0.5, 0.6) is 0 Å². The van der Waals surface area contributed by atoms with Crippen molar-refractivity contribution < 1.29 is 4.42 Å². The van der Waals surface area contributed by atoms with Gasteiger partial charge in [0.15, 0.2) is 5.01 Å². The van der Waals surface area contributed by atoms with E-state index in [9.17, 15) is 4.79 Å². The Labute approximate surface area is 171 Å². The molecule has 136 valence electrons. The summed E-state index contributed by atoms with van der Waals surface area (Å²) in [6.45, 7) is 0. The molecule has 2 heterocycles. The monoisotopic (exact) mass is 449 g/mol. The lowest BCUT2D eigenvalue weighted by Crippen LogP contribution is -2.02. The molecule has 28 heavy (non-hydrogen) atoms. The molecule has 0 atom stereocenters. The standard InChI is InChI=1S/C21H12BrN3O2S/c22-16-7-3-4-8-17(16)23-21-25-24-19(28-21)15-11-14-13-6-2-1-5-12(13)9-10-18(14)27-20(15)26/h1-11H,(H,23,25). The highest BCUT2D eigenvalue weighted by atomic mass is 79.9. The van der Waals surface area contributed by atoms with Crippen molar-refractivity contribution in [1.82, 2.24) is 10.2 Å². The number of benzene rings is 3. The maximum Gasteiger partial charge on any atom is 0.346 e. The third kappa shape index (κ3) is 2.98. The molecule has 0 saturated heterocycles. The Morgan fingerprint density at radius 2 is 1.75 bits per heavy atom. The van der Waals surface area contributed by atoms with Crippen LogP contribution in [0.1, 0.15) is 0 Å². The Bertz CT molecular complexity index is 1390. The van der Waals surface area contributed by atoms with E-state index in [1.165, 1.54) is 11.3 Å². The van der Waals surface area contributed by atoms with E-state index in [2.05, 4.69) is 31.4 Å². The number of aromatic nitrogens is 2. The average molecular weight is 450 g/mol. The van der Waals surface area contributed by atoms with Crippen LogP contribution in [-0.2, 0) is 0 Å². The minimum Gasteiger partial charge on any atom is -0.422 e. The molecule has 1 N–H and O–H groups in total.